The molecule has 7 nitrogen and oxygen atoms in total. The van der Waals surface area contributed by atoms with E-state index in [1.54, 1.807) is 24.3 Å². The summed E-state index contributed by atoms with van der Waals surface area (Å²) < 4.78 is 13.9. The van der Waals surface area contributed by atoms with Crippen LogP contribution in [0.4, 0.5) is 15.8 Å². The van der Waals surface area contributed by atoms with E-state index in [-0.39, 0.29) is 36.0 Å². The summed E-state index contributed by atoms with van der Waals surface area (Å²) in [6.45, 7) is 2.53. The number of nitrogens with one attached hydrogen (secondary N) is 3. The second-order valence-corrected chi connectivity index (χ2v) is 9.17. The average molecular weight is 473 g/mol. The van der Waals surface area contributed by atoms with Gasteiger partial charge in [0.15, 0.2) is 0 Å². The van der Waals surface area contributed by atoms with E-state index in [0.29, 0.717) is 35.9 Å². The monoisotopic (exact) mass is 472 g/mol. The van der Waals surface area contributed by atoms with Crippen LogP contribution in [-0.2, 0) is 14.4 Å². The summed E-state index contributed by atoms with van der Waals surface area (Å²) in [6.07, 6.45) is 2.01. The molecule has 2 aliphatic rings. The number of anilines is 2. The van der Waals surface area contributed by atoms with Crippen molar-refractivity contribution in [1.82, 2.24) is 10.2 Å². The van der Waals surface area contributed by atoms with Crippen molar-refractivity contribution < 1.29 is 18.8 Å². The van der Waals surface area contributed by atoms with E-state index >= 15 is 0 Å². The summed E-state index contributed by atoms with van der Waals surface area (Å²) in [5.74, 6) is -0.918. The van der Waals surface area contributed by atoms with Gasteiger partial charge >= 0.3 is 0 Å². The maximum Gasteiger partial charge on any atom is 0.238 e. The first kappa shape index (κ1) is 23.2. The van der Waals surface area contributed by atoms with Gasteiger partial charge in [0.1, 0.15) is 5.82 Å². The summed E-state index contributed by atoms with van der Waals surface area (Å²) >= 11 is 6.26. The predicted octanol–water partition coefficient (Wildman–Crippen LogP) is 3.51. The van der Waals surface area contributed by atoms with Gasteiger partial charge in [-0.2, -0.15) is 0 Å². The van der Waals surface area contributed by atoms with E-state index < -0.39 is 5.54 Å². The van der Waals surface area contributed by atoms with Crippen LogP contribution < -0.4 is 16.0 Å². The van der Waals surface area contributed by atoms with Crippen LogP contribution in [0.1, 0.15) is 37.7 Å². The van der Waals surface area contributed by atoms with Crippen molar-refractivity contribution in [3.8, 4) is 0 Å². The molecule has 1 spiro atoms. The fourth-order valence-corrected chi connectivity index (χ4v) is 5.14. The fraction of sp³-hybridized carbons (Fsp3) is 0.375. The molecule has 4 rings (SSSR count). The topological polar surface area (TPSA) is 90.5 Å². The molecule has 2 aromatic rings. The number of likely N-dealkylation sites (tertiary alicyclic amines) is 1. The van der Waals surface area contributed by atoms with E-state index in [1.807, 2.05) is 11.0 Å². The quantitative estimate of drug-likeness (QED) is 0.621. The van der Waals surface area contributed by atoms with Gasteiger partial charge in [-0.05, 0) is 48.7 Å². The Morgan fingerprint density at radius 1 is 1.24 bits per heavy atom. The van der Waals surface area contributed by atoms with Gasteiger partial charge in [0.05, 0.1) is 22.8 Å². The molecule has 174 valence electrons. The molecule has 2 heterocycles. The zero-order valence-corrected chi connectivity index (χ0v) is 19.0. The molecule has 2 aliphatic heterocycles. The van der Waals surface area contributed by atoms with Gasteiger partial charge in [0, 0.05) is 38.0 Å². The number of piperidine rings is 1. The van der Waals surface area contributed by atoms with Gasteiger partial charge in [0.25, 0.3) is 0 Å². The zero-order valence-electron chi connectivity index (χ0n) is 18.3. The minimum absolute atomic E-state index is 0.0139. The lowest BCUT2D eigenvalue weighted by atomic mass is 9.76. The minimum atomic E-state index is -0.527. The molecule has 2 aromatic carbocycles. The van der Waals surface area contributed by atoms with Crippen LogP contribution in [0.15, 0.2) is 42.5 Å². The molecular weight excluding hydrogens is 447 g/mol. The summed E-state index contributed by atoms with van der Waals surface area (Å²) in [5, 5.41) is 8.91. The molecule has 2 saturated heterocycles. The molecule has 2 fully saturated rings. The van der Waals surface area contributed by atoms with Crippen molar-refractivity contribution in [2.45, 2.75) is 37.6 Å². The first-order valence-corrected chi connectivity index (χ1v) is 11.3. The van der Waals surface area contributed by atoms with E-state index in [0.717, 1.165) is 18.4 Å². The van der Waals surface area contributed by atoms with Crippen molar-refractivity contribution >= 4 is 40.7 Å². The van der Waals surface area contributed by atoms with Crippen molar-refractivity contribution in [3.63, 3.8) is 0 Å². The van der Waals surface area contributed by atoms with Crippen molar-refractivity contribution in [1.29, 1.82) is 0 Å². The maximum absolute atomic E-state index is 13.9. The zero-order chi connectivity index (χ0) is 23.6. The number of carbonyl (C=O) groups is 3. The number of nitrogens with zero attached hydrogens (tertiary/aromatic N) is 1. The molecule has 0 bridgehead atoms. The van der Waals surface area contributed by atoms with Crippen LogP contribution >= 0.6 is 11.6 Å². The van der Waals surface area contributed by atoms with Gasteiger partial charge in [-0.25, -0.2) is 4.39 Å². The highest BCUT2D eigenvalue weighted by Gasteiger charge is 2.49. The molecule has 0 aromatic heterocycles. The number of hydrogen-bond acceptors (Lipinski definition) is 4. The van der Waals surface area contributed by atoms with Gasteiger partial charge in [-0.1, -0.05) is 23.7 Å². The Morgan fingerprint density at radius 3 is 2.76 bits per heavy atom. The van der Waals surface area contributed by atoms with Crippen molar-refractivity contribution in [3.05, 3.63) is 58.9 Å². The first-order valence-electron chi connectivity index (χ1n) is 10.9. The van der Waals surface area contributed by atoms with Crippen LogP contribution in [-0.4, -0.2) is 47.8 Å². The van der Waals surface area contributed by atoms with Crippen molar-refractivity contribution in [2.75, 3.05) is 30.3 Å². The summed E-state index contributed by atoms with van der Waals surface area (Å²) in [6, 6.07) is 11.3. The van der Waals surface area contributed by atoms with Crippen LogP contribution in [0.2, 0.25) is 5.02 Å². The highest BCUT2D eigenvalue weighted by Crippen LogP contribution is 2.41. The van der Waals surface area contributed by atoms with E-state index in [9.17, 15) is 18.8 Å². The summed E-state index contributed by atoms with van der Waals surface area (Å²) in [5.41, 5.74) is 1.27. The Hall–Kier alpha value is -2.97. The lowest BCUT2D eigenvalue weighted by Crippen LogP contribution is -2.56. The standard InChI is InChI=1S/C24H26ClFN4O3/c1-15(31)27-18-7-8-21(20(25)11-18)28-23(33)13-30-12-19(16-4-2-5-17(26)10-16)24(14-30)9-3-6-22(32)29-24/h2,4-5,7-8,10-11,19H,3,6,9,12-14H2,1H3,(H,27,31)(H,28,33)(H,29,32)/t19-,24+/m0/s1. The fourth-order valence-electron chi connectivity index (χ4n) is 4.91. The summed E-state index contributed by atoms with van der Waals surface area (Å²) in [4.78, 5) is 38.2. The van der Waals surface area contributed by atoms with Gasteiger partial charge in [-0.15, -0.1) is 0 Å². The van der Waals surface area contributed by atoms with Gasteiger partial charge in [-0.3, -0.25) is 19.3 Å². The highest BCUT2D eigenvalue weighted by molar-refractivity contribution is 6.34. The Labute approximate surface area is 196 Å². The Kier molecular flexibility index (Phi) is 6.67. The number of carbonyl (C=O) groups excluding carboxylic acids is 3. The number of amides is 3. The third-order valence-electron chi connectivity index (χ3n) is 6.21. The smallest absolute Gasteiger partial charge is 0.238 e. The van der Waals surface area contributed by atoms with E-state index in [4.69, 9.17) is 11.6 Å². The summed E-state index contributed by atoms with van der Waals surface area (Å²) in [7, 11) is 0. The molecule has 0 unspecified atom stereocenters. The third kappa shape index (κ3) is 5.34. The number of benzene rings is 2. The Bertz CT molecular complexity index is 1100. The normalized spacial score (nSPS) is 22.8. The molecule has 3 N–H and O–H groups in total. The van der Waals surface area contributed by atoms with Crippen LogP contribution in [0.5, 0.6) is 0 Å². The second kappa shape index (κ2) is 9.49. The van der Waals surface area contributed by atoms with E-state index in [1.165, 1.54) is 19.1 Å². The molecule has 9 heteroatoms. The molecule has 33 heavy (non-hydrogen) atoms. The molecule has 3 amide bonds. The van der Waals surface area contributed by atoms with Crippen LogP contribution in [0.25, 0.3) is 0 Å². The predicted molar refractivity (Wildman–Crippen MR) is 125 cm³/mol. The second-order valence-electron chi connectivity index (χ2n) is 8.76. The Balaban J connectivity index is 1.47. The number of rotatable bonds is 5. The molecule has 0 aliphatic carbocycles. The van der Waals surface area contributed by atoms with Gasteiger partial charge in [0.2, 0.25) is 17.7 Å². The van der Waals surface area contributed by atoms with Crippen LogP contribution in [0.3, 0.4) is 0 Å². The lowest BCUT2D eigenvalue weighted by Gasteiger charge is -2.39. The highest BCUT2D eigenvalue weighted by atomic mass is 35.5. The third-order valence-corrected chi connectivity index (χ3v) is 6.52. The Morgan fingerprint density at radius 2 is 2.06 bits per heavy atom. The lowest BCUT2D eigenvalue weighted by molar-refractivity contribution is -0.125. The minimum Gasteiger partial charge on any atom is -0.349 e. The molecule has 0 radical (unpaired) electrons. The molecule has 0 saturated carbocycles. The SMILES string of the molecule is CC(=O)Nc1ccc(NC(=O)CN2C[C@@H](c3cccc(F)c3)[C@@]3(CCCC(=O)N3)C2)c(Cl)c1. The first-order chi connectivity index (χ1) is 15.7. The maximum atomic E-state index is 13.9. The van der Waals surface area contributed by atoms with E-state index in [2.05, 4.69) is 16.0 Å². The average Bonchev–Trinajstić information content (AvgIpc) is 3.06. The largest absolute Gasteiger partial charge is 0.349 e. The van der Waals surface area contributed by atoms with Crippen molar-refractivity contribution in [2.24, 2.45) is 0 Å². The number of hydrogen-bond donors (Lipinski definition) is 3. The molecular formula is C24H26ClFN4O3. The van der Waals surface area contributed by atoms with Crippen LogP contribution in [0, 0.1) is 5.82 Å². The van der Waals surface area contributed by atoms with Gasteiger partial charge < -0.3 is 16.0 Å². The molecule has 2 atom stereocenters. The number of halogens is 2.